The molecule has 1 N–H and O–H groups in total. The number of carbonyl (C=O) groups excluding carboxylic acids is 1. The van der Waals surface area contributed by atoms with Crippen molar-refractivity contribution in [3.05, 3.63) is 40.2 Å². The predicted octanol–water partition coefficient (Wildman–Crippen LogP) is 4.34. The second-order valence-electron chi connectivity index (χ2n) is 5.28. The second kappa shape index (κ2) is 6.45. The summed E-state index contributed by atoms with van der Waals surface area (Å²) in [6.45, 7) is 3.30. The Kier molecular flexibility index (Phi) is 4.51. The van der Waals surface area contributed by atoms with Gasteiger partial charge in [0.2, 0.25) is 5.91 Å². The lowest BCUT2D eigenvalue weighted by atomic mass is 10.2. The predicted molar refractivity (Wildman–Crippen MR) is 89.9 cm³/mol. The molecule has 0 saturated heterocycles. The Bertz CT molecular complexity index is 922. The van der Waals surface area contributed by atoms with Gasteiger partial charge in [0.15, 0.2) is 5.13 Å². The quantitative estimate of drug-likeness (QED) is 0.743. The molecule has 3 aromatic rings. The normalized spacial score (nSPS) is 11.4. The fraction of sp³-hybridized carbons (Fsp3) is 0.267. The first kappa shape index (κ1) is 16.8. The Morgan fingerprint density at radius 2 is 2.17 bits per heavy atom. The molecule has 24 heavy (non-hydrogen) atoms. The molecule has 0 bridgehead atoms. The number of nitrogens with zero attached hydrogens (tertiary/aromatic N) is 3. The number of fused-ring (bicyclic) bond motifs is 1. The number of halogens is 3. The van der Waals surface area contributed by atoms with E-state index < -0.39 is 18.0 Å². The van der Waals surface area contributed by atoms with Crippen molar-refractivity contribution in [1.82, 2.24) is 14.8 Å². The smallest absolute Gasteiger partial charge is 0.283 e. The topological polar surface area (TPSA) is 59.8 Å². The lowest BCUT2D eigenvalue weighted by molar-refractivity contribution is -0.117. The van der Waals surface area contributed by atoms with Crippen LogP contribution in [0, 0.1) is 13.8 Å². The maximum absolute atomic E-state index is 12.8. The molecule has 0 spiro atoms. The van der Waals surface area contributed by atoms with Gasteiger partial charge in [0.05, 0.1) is 20.9 Å². The number of hydrogen-bond acceptors (Lipinski definition) is 4. The van der Waals surface area contributed by atoms with Crippen LogP contribution in [-0.2, 0) is 11.3 Å². The largest absolute Gasteiger partial charge is 0.300 e. The molecule has 0 unspecified atom stereocenters. The minimum Gasteiger partial charge on any atom is -0.300 e. The molecule has 1 amide bonds. The van der Waals surface area contributed by atoms with E-state index in [0.717, 1.165) is 20.5 Å². The van der Waals surface area contributed by atoms with Crippen molar-refractivity contribution in [3.63, 3.8) is 0 Å². The minimum absolute atomic E-state index is 0.117. The number of aromatic nitrogens is 3. The minimum atomic E-state index is -2.78. The third-order valence-electron chi connectivity index (χ3n) is 3.45. The summed E-state index contributed by atoms with van der Waals surface area (Å²) in [7, 11) is 0. The van der Waals surface area contributed by atoms with Crippen molar-refractivity contribution in [2.45, 2.75) is 26.8 Å². The van der Waals surface area contributed by atoms with Crippen LogP contribution in [0.15, 0.2) is 18.2 Å². The van der Waals surface area contributed by atoms with Crippen molar-refractivity contribution in [3.8, 4) is 0 Å². The van der Waals surface area contributed by atoms with E-state index in [1.54, 1.807) is 0 Å². The lowest BCUT2D eigenvalue weighted by Crippen LogP contribution is -2.20. The third kappa shape index (κ3) is 3.25. The van der Waals surface area contributed by atoms with E-state index in [9.17, 15) is 13.6 Å². The molecule has 0 aliphatic heterocycles. The molecule has 3 rings (SSSR count). The molecule has 1 aromatic carbocycles. The SMILES string of the molecule is Cc1ccc2nc(NC(=O)Cn3nc(C(F)F)c(Cl)c3C)sc2c1. The standard InChI is InChI=1S/C15H13ClF2N4OS/c1-7-3-4-9-10(5-7)24-15(19-9)20-11(23)6-22-8(2)12(16)13(21-22)14(17)18/h3-5,14H,6H2,1-2H3,(H,19,20,23). The Morgan fingerprint density at radius 1 is 1.42 bits per heavy atom. The average molecular weight is 371 g/mol. The van der Waals surface area contributed by atoms with Gasteiger partial charge in [0, 0.05) is 0 Å². The molecule has 0 aliphatic rings. The summed E-state index contributed by atoms with van der Waals surface area (Å²) < 4.78 is 27.7. The van der Waals surface area contributed by atoms with Crippen molar-refractivity contribution >= 4 is 44.2 Å². The number of aryl methyl sites for hydroxylation is 1. The Balaban J connectivity index is 1.76. The highest BCUT2D eigenvalue weighted by atomic mass is 35.5. The fourth-order valence-electron chi connectivity index (χ4n) is 2.22. The van der Waals surface area contributed by atoms with Crippen LogP contribution in [-0.4, -0.2) is 20.7 Å². The number of thiazole rings is 1. The van der Waals surface area contributed by atoms with Crippen LogP contribution in [0.4, 0.5) is 13.9 Å². The van der Waals surface area contributed by atoms with Crippen molar-refractivity contribution in [1.29, 1.82) is 0 Å². The third-order valence-corrected chi connectivity index (χ3v) is 4.85. The zero-order chi connectivity index (χ0) is 17.4. The number of anilines is 1. The highest BCUT2D eigenvalue weighted by molar-refractivity contribution is 7.22. The molecule has 126 valence electrons. The molecular weight excluding hydrogens is 358 g/mol. The second-order valence-corrected chi connectivity index (χ2v) is 6.69. The number of benzene rings is 1. The monoisotopic (exact) mass is 370 g/mol. The Hall–Kier alpha value is -2.06. The van der Waals surface area contributed by atoms with E-state index in [1.165, 1.54) is 18.3 Å². The van der Waals surface area contributed by atoms with Gasteiger partial charge in [-0.3, -0.25) is 9.48 Å². The summed E-state index contributed by atoms with van der Waals surface area (Å²) in [5.74, 6) is -0.408. The number of hydrogen-bond donors (Lipinski definition) is 1. The van der Waals surface area contributed by atoms with Crippen LogP contribution in [0.25, 0.3) is 10.2 Å². The molecular formula is C15H13ClF2N4OS. The molecule has 5 nitrogen and oxygen atoms in total. The molecule has 0 saturated carbocycles. The maximum atomic E-state index is 12.8. The molecule has 0 atom stereocenters. The van der Waals surface area contributed by atoms with E-state index in [1.807, 2.05) is 25.1 Å². The van der Waals surface area contributed by atoms with Crippen molar-refractivity contribution in [2.75, 3.05) is 5.32 Å². The number of amides is 1. The van der Waals surface area contributed by atoms with Gasteiger partial charge in [-0.25, -0.2) is 13.8 Å². The summed E-state index contributed by atoms with van der Waals surface area (Å²) in [5, 5.41) is 6.70. The molecule has 0 aliphatic carbocycles. The van der Waals surface area contributed by atoms with E-state index in [0.29, 0.717) is 10.8 Å². The highest BCUT2D eigenvalue weighted by Gasteiger charge is 2.21. The lowest BCUT2D eigenvalue weighted by Gasteiger charge is -2.04. The number of alkyl halides is 2. The molecule has 0 radical (unpaired) electrons. The van der Waals surface area contributed by atoms with Crippen LogP contribution in [0.5, 0.6) is 0 Å². The zero-order valence-electron chi connectivity index (χ0n) is 12.8. The summed E-state index contributed by atoms with van der Waals surface area (Å²) in [6, 6.07) is 5.80. The number of carbonyl (C=O) groups is 1. The van der Waals surface area contributed by atoms with Gasteiger partial charge in [-0.1, -0.05) is 29.0 Å². The van der Waals surface area contributed by atoms with Gasteiger partial charge in [0.25, 0.3) is 6.43 Å². The summed E-state index contributed by atoms with van der Waals surface area (Å²) in [4.78, 5) is 16.5. The Morgan fingerprint density at radius 3 is 2.83 bits per heavy atom. The van der Waals surface area contributed by atoms with Gasteiger partial charge in [-0.2, -0.15) is 5.10 Å². The number of rotatable bonds is 4. The van der Waals surface area contributed by atoms with Gasteiger partial charge in [0.1, 0.15) is 12.2 Å². The molecule has 9 heteroatoms. The summed E-state index contributed by atoms with van der Waals surface area (Å²) >= 11 is 7.16. The maximum Gasteiger partial charge on any atom is 0.283 e. The Labute approximate surface area is 145 Å². The van der Waals surface area contributed by atoms with E-state index in [2.05, 4.69) is 15.4 Å². The summed E-state index contributed by atoms with van der Waals surface area (Å²) in [5.41, 5.74) is 1.70. The summed E-state index contributed by atoms with van der Waals surface area (Å²) in [6.07, 6.45) is -2.78. The van der Waals surface area contributed by atoms with Crippen LogP contribution < -0.4 is 5.32 Å². The van der Waals surface area contributed by atoms with E-state index in [-0.39, 0.29) is 11.6 Å². The molecule has 2 aromatic heterocycles. The molecule has 2 heterocycles. The van der Waals surface area contributed by atoms with Crippen LogP contribution in [0.3, 0.4) is 0 Å². The number of nitrogens with one attached hydrogen (secondary N) is 1. The highest BCUT2D eigenvalue weighted by Crippen LogP contribution is 2.29. The first-order valence-corrected chi connectivity index (χ1v) is 8.22. The fourth-order valence-corrected chi connectivity index (χ4v) is 3.42. The van der Waals surface area contributed by atoms with Gasteiger partial charge in [-0.05, 0) is 31.5 Å². The van der Waals surface area contributed by atoms with Gasteiger partial charge < -0.3 is 5.32 Å². The average Bonchev–Trinajstić information content (AvgIpc) is 3.02. The zero-order valence-corrected chi connectivity index (χ0v) is 14.4. The first-order chi connectivity index (χ1) is 11.3. The van der Waals surface area contributed by atoms with E-state index >= 15 is 0 Å². The molecule has 0 fully saturated rings. The van der Waals surface area contributed by atoms with Crippen LogP contribution in [0.2, 0.25) is 5.02 Å². The van der Waals surface area contributed by atoms with Crippen molar-refractivity contribution < 1.29 is 13.6 Å². The van der Waals surface area contributed by atoms with Crippen LogP contribution in [0.1, 0.15) is 23.4 Å². The van der Waals surface area contributed by atoms with E-state index in [4.69, 9.17) is 11.6 Å². The van der Waals surface area contributed by atoms with Gasteiger partial charge >= 0.3 is 0 Å². The van der Waals surface area contributed by atoms with Crippen molar-refractivity contribution in [2.24, 2.45) is 0 Å². The van der Waals surface area contributed by atoms with Gasteiger partial charge in [-0.15, -0.1) is 0 Å². The van der Waals surface area contributed by atoms with Crippen LogP contribution >= 0.6 is 22.9 Å². The first-order valence-electron chi connectivity index (χ1n) is 7.03.